The van der Waals surface area contributed by atoms with Gasteiger partial charge >= 0.3 is 5.97 Å². The third-order valence-corrected chi connectivity index (χ3v) is 6.16. The summed E-state index contributed by atoms with van der Waals surface area (Å²) in [6.07, 6.45) is 6.25. The van der Waals surface area contributed by atoms with Crippen LogP contribution in [0, 0.1) is 0 Å². The summed E-state index contributed by atoms with van der Waals surface area (Å²) in [6.45, 7) is 1.59. The van der Waals surface area contributed by atoms with Crippen LogP contribution in [0.3, 0.4) is 0 Å². The zero-order valence-electron chi connectivity index (χ0n) is 18.7. The van der Waals surface area contributed by atoms with Crippen LogP contribution in [-0.2, 0) is 9.53 Å². The number of benzene rings is 2. The topological polar surface area (TPSA) is 82.8 Å². The van der Waals surface area contributed by atoms with Gasteiger partial charge in [-0.15, -0.1) is 0 Å². The number of halogens is 1. The highest BCUT2D eigenvalue weighted by Crippen LogP contribution is 2.32. The van der Waals surface area contributed by atoms with Crippen LogP contribution in [0.15, 0.2) is 52.4 Å². The van der Waals surface area contributed by atoms with Crippen molar-refractivity contribution in [2.75, 3.05) is 7.11 Å². The van der Waals surface area contributed by atoms with E-state index in [4.69, 9.17) is 21.3 Å². The molecule has 0 amide bonds. The fraction of sp³-hybridized carbons (Fsp3) is 0.360. The molecule has 3 aromatic rings. The van der Waals surface area contributed by atoms with E-state index in [0.717, 1.165) is 25.7 Å². The smallest absolute Gasteiger partial charge is 0.346 e. The van der Waals surface area contributed by atoms with Crippen LogP contribution in [0.4, 0.5) is 0 Å². The Morgan fingerprint density at radius 1 is 1.21 bits per heavy atom. The maximum Gasteiger partial charge on any atom is 0.346 e. The summed E-state index contributed by atoms with van der Waals surface area (Å²) in [4.78, 5) is 29.7. The lowest BCUT2D eigenvalue weighted by Gasteiger charge is -2.22. The molecule has 8 heteroatoms. The number of aromatic nitrogens is 2. The normalized spacial score (nSPS) is 15.6. The van der Waals surface area contributed by atoms with Gasteiger partial charge in [-0.05, 0) is 55.7 Å². The van der Waals surface area contributed by atoms with Crippen molar-refractivity contribution in [3.05, 3.63) is 69.2 Å². The molecule has 1 aromatic heterocycles. The molecule has 4 rings (SSSR count). The lowest BCUT2D eigenvalue weighted by atomic mass is 9.88. The molecule has 2 aromatic carbocycles. The Hall–Kier alpha value is -3.19. The summed E-state index contributed by atoms with van der Waals surface area (Å²) in [5.74, 6) is 0.772. The standard InChI is InChI=1S/C25H26ClN3O4/c1-16(25(31)32-2)33-22-13-12-17(14-20(22)26)15-27-29-23(18-8-4-3-5-9-18)28-21-11-7-6-10-19(21)24(29)30/h6-7,10-16,18H,3-5,8-9H2,1-2H3/t16-/m0/s1. The monoisotopic (exact) mass is 467 g/mol. The molecule has 7 nitrogen and oxygen atoms in total. The predicted octanol–water partition coefficient (Wildman–Crippen LogP) is 4.92. The average molecular weight is 468 g/mol. The molecule has 1 aliphatic carbocycles. The molecule has 33 heavy (non-hydrogen) atoms. The zero-order valence-corrected chi connectivity index (χ0v) is 19.4. The van der Waals surface area contributed by atoms with E-state index >= 15 is 0 Å². The van der Waals surface area contributed by atoms with Gasteiger partial charge in [-0.25, -0.2) is 9.78 Å². The Bertz CT molecular complexity index is 1250. The van der Waals surface area contributed by atoms with Gasteiger partial charge in [0.05, 0.1) is 29.2 Å². The first-order chi connectivity index (χ1) is 16.0. The van der Waals surface area contributed by atoms with Gasteiger partial charge in [0.2, 0.25) is 0 Å². The van der Waals surface area contributed by atoms with Crippen LogP contribution in [-0.4, -0.2) is 35.1 Å². The number of nitrogens with zero attached hydrogens (tertiary/aromatic N) is 3. The summed E-state index contributed by atoms with van der Waals surface area (Å²) >= 11 is 6.35. The minimum absolute atomic E-state index is 0.185. The minimum Gasteiger partial charge on any atom is -0.477 e. The highest BCUT2D eigenvalue weighted by molar-refractivity contribution is 6.32. The highest BCUT2D eigenvalue weighted by Gasteiger charge is 2.22. The SMILES string of the molecule is COC(=O)[C@H](C)Oc1ccc(C=Nn2c(C3CCCCC3)nc3ccccc3c2=O)cc1Cl. The third kappa shape index (κ3) is 5.09. The number of methoxy groups -OCH3 is 1. The Balaban J connectivity index is 1.67. The lowest BCUT2D eigenvalue weighted by Crippen LogP contribution is -2.25. The van der Waals surface area contributed by atoms with Crippen molar-refractivity contribution in [1.82, 2.24) is 9.66 Å². The Labute approximate surface area is 197 Å². The zero-order chi connectivity index (χ0) is 23.4. The maximum atomic E-state index is 13.3. The molecule has 0 radical (unpaired) electrons. The first-order valence-corrected chi connectivity index (χ1v) is 11.5. The van der Waals surface area contributed by atoms with E-state index < -0.39 is 12.1 Å². The highest BCUT2D eigenvalue weighted by atomic mass is 35.5. The number of ether oxygens (including phenoxy) is 2. The third-order valence-electron chi connectivity index (χ3n) is 5.86. The Morgan fingerprint density at radius 2 is 1.97 bits per heavy atom. The molecule has 0 saturated heterocycles. The van der Waals surface area contributed by atoms with Crippen LogP contribution in [0.1, 0.15) is 56.3 Å². The van der Waals surface area contributed by atoms with Gasteiger partial charge in [0.15, 0.2) is 6.10 Å². The Kier molecular flexibility index (Phi) is 7.08. The van der Waals surface area contributed by atoms with Crippen LogP contribution < -0.4 is 10.3 Å². The molecule has 0 N–H and O–H groups in total. The molecule has 0 bridgehead atoms. The van der Waals surface area contributed by atoms with E-state index in [9.17, 15) is 9.59 Å². The molecular formula is C25H26ClN3O4. The van der Waals surface area contributed by atoms with E-state index in [1.165, 1.54) is 18.2 Å². The number of para-hydroxylation sites is 1. The van der Waals surface area contributed by atoms with Gasteiger partial charge in [-0.3, -0.25) is 4.79 Å². The largest absolute Gasteiger partial charge is 0.477 e. The lowest BCUT2D eigenvalue weighted by molar-refractivity contribution is -0.147. The molecular weight excluding hydrogens is 442 g/mol. The van der Waals surface area contributed by atoms with Crippen LogP contribution in [0.25, 0.3) is 10.9 Å². The van der Waals surface area contributed by atoms with Gasteiger partial charge in [0.25, 0.3) is 5.56 Å². The van der Waals surface area contributed by atoms with Crippen LogP contribution in [0.5, 0.6) is 5.75 Å². The van der Waals surface area contributed by atoms with E-state index in [0.29, 0.717) is 33.1 Å². The predicted molar refractivity (Wildman–Crippen MR) is 128 cm³/mol. The number of hydrogen-bond acceptors (Lipinski definition) is 6. The van der Waals surface area contributed by atoms with E-state index in [1.807, 2.05) is 18.2 Å². The van der Waals surface area contributed by atoms with Crippen molar-refractivity contribution in [2.45, 2.75) is 51.0 Å². The minimum atomic E-state index is -0.785. The van der Waals surface area contributed by atoms with E-state index in [2.05, 4.69) is 9.84 Å². The number of esters is 1. The quantitative estimate of drug-likeness (QED) is 0.379. The van der Waals surface area contributed by atoms with E-state index in [-0.39, 0.29) is 11.5 Å². The molecule has 1 fully saturated rings. The van der Waals surface area contributed by atoms with Gasteiger partial charge in [0, 0.05) is 5.92 Å². The fourth-order valence-corrected chi connectivity index (χ4v) is 4.33. The second kappa shape index (κ2) is 10.2. The molecule has 1 saturated carbocycles. The summed E-state index contributed by atoms with van der Waals surface area (Å²) in [7, 11) is 1.30. The number of rotatable bonds is 6. The van der Waals surface area contributed by atoms with E-state index in [1.54, 1.807) is 37.4 Å². The molecule has 0 spiro atoms. The van der Waals surface area contributed by atoms with Crippen molar-refractivity contribution in [3.8, 4) is 5.75 Å². The number of fused-ring (bicyclic) bond motifs is 1. The Morgan fingerprint density at radius 3 is 2.70 bits per heavy atom. The van der Waals surface area contributed by atoms with Gasteiger partial charge in [-0.2, -0.15) is 9.78 Å². The number of hydrogen-bond donors (Lipinski definition) is 0. The molecule has 1 atom stereocenters. The van der Waals surface area contributed by atoms with Crippen molar-refractivity contribution < 1.29 is 14.3 Å². The van der Waals surface area contributed by atoms with Crippen molar-refractivity contribution in [3.63, 3.8) is 0 Å². The first-order valence-electron chi connectivity index (χ1n) is 11.1. The summed E-state index contributed by atoms with van der Waals surface area (Å²) in [5.41, 5.74) is 1.20. The van der Waals surface area contributed by atoms with Gasteiger partial charge < -0.3 is 9.47 Å². The second-order valence-corrected chi connectivity index (χ2v) is 8.56. The molecule has 1 aliphatic rings. The maximum absolute atomic E-state index is 13.3. The van der Waals surface area contributed by atoms with Gasteiger partial charge in [-0.1, -0.05) is 43.0 Å². The van der Waals surface area contributed by atoms with Crippen molar-refractivity contribution in [2.24, 2.45) is 5.10 Å². The van der Waals surface area contributed by atoms with Crippen LogP contribution in [0.2, 0.25) is 5.02 Å². The number of carbonyl (C=O) groups excluding carboxylic acids is 1. The summed E-state index contributed by atoms with van der Waals surface area (Å²) < 4.78 is 11.7. The van der Waals surface area contributed by atoms with Crippen molar-refractivity contribution in [1.29, 1.82) is 0 Å². The average Bonchev–Trinajstić information content (AvgIpc) is 2.84. The molecule has 0 aliphatic heterocycles. The second-order valence-electron chi connectivity index (χ2n) is 8.16. The molecule has 1 heterocycles. The molecule has 172 valence electrons. The first kappa shape index (κ1) is 23.0. The summed E-state index contributed by atoms with van der Waals surface area (Å²) in [5, 5.41) is 5.38. The summed E-state index contributed by atoms with van der Waals surface area (Å²) in [6, 6.07) is 12.4. The van der Waals surface area contributed by atoms with Crippen molar-refractivity contribution >= 4 is 34.7 Å². The fourth-order valence-electron chi connectivity index (χ4n) is 4.10. The number of carbonyl (C=O) groups is 1. The van der Waals surface area contributed by atoms with Crippen LogP contribution >= 0.6 is 11.6 Å². The van der Waals surface area contributed by atoms with Gasteiger partial charge in [0.1, 0.15) is 11.6 Å². The molecule has 0 unspecified atom stereocenters.